The number of carbonyl (C=O) groups is 2. The van der Waals surface area contributed by atoms with Crippen molar-refractivity contribution >= 4 is 18.0 Å². The Morgan fingerprint density at radius 3 is 2.39 bits per heavy atom. The molecule has 0 aliphatic rings. The van der Waals surface area contributed by atoms with E-state index >= 15 is 0 Å². The number of hydrazone groups is 1. The van der Waals surface area contributed by atoms with Crippen molar-refractivity contribution in [3.8, 4) is 0 Å². The average molecular weight is 382 g/mol. The molecule has 1 unspecified atom stereocenters. The lowest BCUT2D eigenvalue weighted by atomic mass is 10.0. The molecule has 0 aliphatic carbocycles. The maximum atomic E-state index is 12.2. The third-order valence-electron chi connectivity index (χ3n) is 4.37. The summed E-state index contributed by atoms with van der Waals surface area (Å²) >= 11 is 0. The summed E-state index contributed by atoms with van der Waals surface area (Å²) in [6.45, 7) is 0. The van der Waals surface area contributed by atoms with E-state index in [1.54, 1.807) is 11.7 Å². The highest BCUT2D eigenvalue weighted by molar-refractivity contribution is 5.87. The zero-order chi connectivity index (χ0) is 20.2. The predicted octanol–water partition coefficient (Wildman–Crippen LogP) is 1.92. The number of amides is 2. The van der Waals surface area contributed by atoms with Crippen molar-refractivity contribution in [3.63, 3.8) is 0 Å². The van der Waals surface area contributed by atoms with Crippen LogP contribution in [-0.2, 0) is 22.4 Å². The Kier molecular flexibility index (Phi) is 8.68. The van der Waals surface area contributed by atoms with Gasteiger partial charge in [-0.3, -0.25) is 14.8 Å². The topological polar surface area (TPSA) is 117 Å². The number of nitrogens with two attached hydrogens (primary N) is 1. The summed E-state index contributed by atoms with van der Waals surface area (Å²) in [5.74, 6) is 4.29. The minimum absolute atomic E-state index is 0.209. The van der Waals surface area contributed by atoms with Crippen molar-refractivity contribution < 1.29 is 14.8 Å². The number of carbonyl (C=O) groups excluding carboxylic acids is 2. The highest BCUT2D eigenvalue weighted by Gasteiger charge is 2.20. The second-order valence-corrected chi connectivity index (χ2v) is 6.51. The third-order valence-corrected chi connectivity index (χ3v) is 4.37. The fourth-order valence-electron chi connectivity index (χ4n) is 2.87. The zero-order valence-corrected chi connectivity index (χ0v) is 15.7. The maximum Gasteiger partial charge on any atom is 0.266 e. The molecule has 28 heavy (non-hydrogen) atoms. The largest absolute Gasteiger partial charge is 0.344 e. The van der Waals surface area contributed by atoms with E-state index in [1.165, 1.54) is 5.56 Å². The van der Waals surface area contributed by atoms with Crippen molar-refractivity contribution in [2.24, 2.45) is 10.9 Å². The van der Waals surface area contributed by atoms with Gasteiger partial charge in [-0.15, -0.1) is 0 Å². The summed E-state index contributed by atoms with van der Waals surface area (Å²) < 4.78 is 0. The van der Waals surface area contributed by atoms with Gasteiger partial charge >= 0.3 is 0 Å². The molecular formula is C21H26N4O3. The smallest absolute Gasteiger partial charge is 0.266 e. The Balaban J connectivity index is 1.76. The second kappa shape index (κ2) is 11.5. The van der Waals surface area contributed by atoms with Crippen LogP contribution in [0.2, 0.25) is 0 Å². The van der Waals surface area contributed by atoms with Crippen molar-refractivity contribution in [1.29, 1.82) is 0 Å². The van der Waals surface area contributed by atoms with Gasteiger partial charge in [0, 0.05) is 12.8 Å². The van der Waals surface area contributed by atoms with Gasteiger partial charge in [0.25, 0.3) is 5.91 Å². The molecule has 148 valence electrons. The van der Waals surface area contributed by atoms with E-state index in [9.17, 15) is 9.59 Å². The van der Waals surface area contributed by atoms with Crippen LogP contribution in [0.25, 0.3) is 0 Å². The molecule has 1 atom stereocenters. The number of aryl methyl sites for hydroxylation is 1. The molecule has 0 spiro atoms. The number of benzene rings is 2. The van der Waals surface area contributed by atoms with E-state index in [0.29, 0.717) is 19.3 Å². The van der Waals surface area contributed by atoms with Gasteiger partial charge in [0.1, 0.15) is 6.04 Å². The molecule has 5 N–H and O–H groups in total. The van der Waals surface area contributed by atoms with E-state index in [1.807, 2.05) is 54.6 Å². The fourth-order valence-corrected chi connectivity index (χ4v) is 2.87. The fraction of sp³-hybridized carbons (Fsp3) is 0.286. The molecule has 0 heterocycles. The van der Waals surface area contributed by atoms with Gasteiger partial charge in [-0.2, -0.15) is 5.10 Å². The van der Waals surface area contributed by atoms with E-state index < -0.39 is 11.9 Å². The van der Waals surface area contributed by atoms with E-state index in [0.717, 1.165) is 24.0 Å². The van der Waals surface area contributed by atoms with Crippen molar-refractivity contribution in [2.75, 3.05) is 0 Å². The number of hydrogen-bond donors (Lipinski definition) is 4. The minimum Gasteiger partial charge on any atom is -0.344 e. The Morgan fingerprint density at radius 1 is 1.04 bits per heavy atom. The molecule has 2 aromatic carbocycles. The maximum absolute atomic E-state index is 12.2. The van der Waals surface area contributed by atoms with Crippen molar-refractivity contribution in [3.05, 3.63) is 71.3 Å². The van der Waals surface area contributed by atoms with Gasteiger partial charge in [-0.25, -0.2) is 5.48 Å². The number of nitrogens with one attached hydrogen (secondary N) is 2. The monoisotopic (exact) mass is 382 g/mol. The lowest BCUT2D eigenvalue weighted by Crippen LogP contribution is -2.47. The van der Waals surface area contributed by atoms with Gasteiger partial charge in [-0.1, -0.05) is 54.6 Å². The first-order chi connectivity index (χ1) is 13.6. The van der Waals surface area contributed by atoms with Crippen molar-refractivity contribution in [2.45, 2.75) is 38.1 Å². The van der Waals surface area contributed by atoms with Gasteiger partial charge in [-0.05, 0) is 36.0 Å². The molecule has 0 fully saturated rings. The summed E-state index contributed by atoms with van der Waals surface area (Å²) in [5.41, 5.74) is 4.64. The number of unbranched alkanes of at least 4 members (excludes halogenated alkanes) is 1. The molecule has 0 aromatic heterocycles. The predicted molar refractivity (Wildman–Crippen MR) is 108 cm³/mol. The second-order valence-electron chi connectivity index (χ2n) is 6.51. The molecule has 2 aromatic rings. The van der Waals surface area contributed by atoms with Gasteiger partial charge < -0.3 is 11.2 Å². The highest BCUT2D eigenvalue weighted by Crippen LogP contribution is 2.09. The third kappa shape index (κ3) is 7.20. The first-order valence-electron chi connectivity index (χ1n) is 9.22. The quantitative estimate of drug-likeness (QED) is 0.165. The molecular weight excluding hydrogens is 356 g/mol. The molecule has 7 nitrogen and oxygen atoms in total. The van der Waals surface area contributed by atoms with Crippen LogP contribution in [0.5, 0.6) is 0 Å². The summed E-state index contributed by atoms with van der Waals surface area (Å²) in [7, 11) is 0. The molecule has 0 bridgehead atoms. The number of hydroxylamine groups is 1. The first-order valence-corrected chi connectivity index (χ1v) is 9.22. The van der Waals surface area contributed by atoms with Crippen LogP contribution in [0, 0.1) is 0 Å². The Bertz CT molecular complexity index is 776. The SMILES string of the molecule is NN=Cc1ccc(CCCCC(=O)NC(Cc2ccccc2)C(=O)NO)cc1. The summed E-state index contributed by atoms with van der Waals surface area (Å²) in [6, 6.07) is 16.4. The number of nitrogens with zero attached hydrogens (tertiary/aromatic N) is 1. The molecule has 0 aliphatic heterocycles. The standard InChI is InChI=1S/C21H26N4O3/c22-23-15-18-12-10-16(11-13-18)6-4-5-9-20(26)24-19(21(27)25-28)14-17-7-2-1-3-8-17/h1-3,7-8,10-13,15,19,28H,4-6,9,14,22H2,(H,24,26)(H,25,27). The van der Waals surface area contributed by atoms with Crippen LogP contribution in [0.15, 0.2) is 59.7 Å². The van der Waals surface area contributed by atoms with Gasteiger partial charge in [0.05, 0.1) is 6.21 Å². The number of rotatable bonds is 10. The summed E-state index contributed by atoms with van der Waals surface area (Å²) in [4.78, 5) is 24.0. The van der Waals surface area contributed by atoms with Crippen LogP contribution in [0.1, 0.15) is 36.0 Å². The summed E-state index contributed by atoms with van der Waals surface area (Å²) in [5, 5.41) is 15.1. The van der Waals surface area contributed by atoms with E-state index in [-0.39, 0.29) is 5.91 Å². The Hall–Kier alpha value is -3.19. The molecule has 2 rings (SSSR count). The van der Waals surface area contributed by atoms with Crippen LogP contribution in [0.4, 0.5) is 0 Å². The van der Waals surface area contributed by atoms with Crippen LogP contribution < -0.4 is 16.6 Å². The summed E-state index contributed by atoms with van der Waals surface area (Å²) in [6.07, 6.45) is 4.64. The van der Waals surface area contributed by atoms with Crippen LogP contribution >= 0.6 is 0 Å². The molecule has 0 radical (unpaired) electrons. The normalized spacial score (nSPS) is 11.9. The van der Waals surface area contributed by atoms with E-state index in [4.69, 9.17) is 11.0 Å². The molecule has 2 amide bonds. The molecule has 0 saturated carbocycles. The van der Waals surface area contributed by atoms with Crippen molar-refractivity contribution in [1.82, 2.24) is 10.8 Å². The van der Waals surface area contributed by atoms with Gasteiger partial charge in [0.15, 0.2) is 0 Å². The molecule has 0 saturated heterocycles. The van der Waals surface area contributed by atoms with Crippen LogP contribution in [-0.4, -0.2) is 29.3 Å². The average Bonchev–Trinajstić information content (AvgIpc) is 2.72. The first kappa shape index (κ1) is 21.1. The highest BCUT2D eigenvalue weighted by atomic mass is 16.5. The Labute approximate surface area is 164 Å². The van der Waals surface area contributed by atoms with Crippen LogP contribution in [0.3, 0.4) is 0 Å². The Morgan fingerprint density at radius 2 is 1.75 bits per heavy atom. The number of hydrogen-bond acceptors (Lipinski definition) is 5. The zero-order valence-electron chi connectivity index (χ0n) is 15.7. The lowest BCUT2D eigenvalue weighted by Gasteiger charge is -2.17. The van der Waals surface area contributed by atoms with E-state index in [2.05, 4.69) is 10.4 Å². The molecule has 7 heteroatoms. The lowest BCUT2D eigenvalue weighted by molar-refractivity contribution is -0.134. The van der Waals surface area contributed by atoms with Gasteiger partial charge in [0.2, 0.25) is 5.91 Å². The minimum atomic E-state index is -0.809.